The lowest BCUT2D eigenvalue weighted by molar-refractivity contribution is -0.615. The third kappa shape index (κ3) is 6.59. The second-order valence-corrected chi connectivity index (χ2v) is 8.22. The summed E-state index contributed by atoms with van der Waals surface area (Å²) in [5, 5.41) is 8.64. The van der Waals surface area contributed by atoms with Crippen molar-refractivity contribution in [2.24, 2.45) is 11.0 Å². The van der Waals surface area contributed by atoms with Crippen LogP contribution in [0, 0.1) is 18.4 Å². The fraction of sp³-hybridized carbons (Fsp3) is 0.476. The third-order valence-corrected chi connectivity index (χ3v) is 5.68. The molecule has 1 saturated heterocycles. The molecule has 0 radical (unpaired) electrons. The van der Waals surface area contributed by atoms with Crippen LogP contribution < -0.4 is 10.1 Å². The highest BCUT2D eigenvalue weighted by Crippen LogP contribution is 2.35. The molecule has 1 aliphatic rings. The number of nitrogens with zero attached hydrogens (tertiary/aromatic N) is 5. The maximum absolute atomic E-state index is 13.4. The van der Waals surface area contributed by atoms with E-state index in [1.54, 1.807) is 19.1 Å². The molecule has 1 amide bonds. The summed E-state index contributed by atoms with van der Waals surface area (Å²) in [6.07, 6.45) is -8.13. The van der Waals surface area contributed by atoms with Gasteiger partial charge in [-0.15, -0.1) is 0 Å². The van der Waals surface area contributed by atoms with Crippen molar-refractivity contribution in [1.29, 1.82) is 5.53 Å². The highest BCUT2D eigenvalue weighted by atomic mass is 19.4. The molecule has 1 aliphatic heterocycles. The van der Waals surface area contributed by atoms with Crippen LogP contribution in [-0.4, -0.2) is 64.2 Å². The van der Waals surface area contributed by atoms with E-state index in [1.165, 1.54) is 24.2 Å². The van der Waals surface area contributed by atoms with Crippen molar-refractivity contribution in [2.45, 2.75) is 38.2 Å². The van der Waals surface area contributed by atoms with Crippen molar-refractivity contribution in [3.63, 3.8) is 0 Å². The lowest BCUT2D eigenvalue weighted by Gasteiger charge is -2.23. The van der Waals surface area contributed by atoms with E-state index < -0.39 is 56.2 Å². The number of methoxy groups -OCH3 is 1. The van der Waals surface area contributed by atoms with Crippen LogP contribution in [0.1, 0.15) is 24.2 Å². The number of hydrogen-bond donors (Lipinski definition) is 2. The molecule has 3 rings (SSSR count). The van der Waals surface area contributed by atoms with E-state index in [0.717, 1.165) is 11.5 Å². The van der Waals surface area contributed by atoms with Gasteiger partial charge in [-0.1, -0.05) is 6.07 Å². The van der Waals surface area contributed by atoms with E-state index in [9.17, 15) is 31.1 Å². The van der Waals surface area contributed by atoms with Crippen LogP contribution in [0.25, 0.3) is 11.4 Å². The zero-order chi connectivity index (χ0) is 26.7. The minimum absolute atomic E-state index is 0.0300. The summed E-state index contributed by atoms with van der Waals surface area (Å²) in [6, 6.07) is 3.18. The first-order valence-electron chi connectivity index (χ1n) is 10.7. The van der Waals surface area contributed by atoms with E-state index in [2.05, 4.69) is 15.2 Å². The molecule has 2 atom stereocenters. The van der Waals surface area contributed by atoms with Gasteiger partial charge in [0.25, 0.3) is 5.91 Å². The summed E-state index contributed by atoms with van der Waals surface area (Å²) in [6.45, 7) is -0.603. The highest BCUT2D eigenvalue weighted by molar-refractivity contribution is 5.81. The van der Waals surface area contributed by atoms with Gasteiger partial charge in [-0.3, -0.25) is 4.79 Å². The van der Waals surface area contributed by atoms with E-state index in [1.807, 2.05) is 0 Å². The number of nitrogens with one attached hydrogen (secondary N) is 1. The van der Waals surface area contributed by atoms with Crippen molar-refractivity contribution < 1.29 is 41.2 Å². The third-order valence-electron chi connectivity index (χ3n) is 5.68. The maximum Gasteiger partial charge on any atom is 0.406 e. The Labute approximate surface area is 201 Å². The van der Waals surface area contributed by atoms with Gasteiger partial charge in [0.15, 0.2) is 6.04 Å². The average molecular weight is 520 g/mol. The van der Waals surface area contributed by atoms with E-state index in [-0.39, 0.29) is 5.70 Å². The van der Waals surface area contributed by atoms with Gasteiger partial charge in [-0.05, 0) is 25.5 Å². The smallest absolute Gasteiger partial charge is 0.406 e. The number of amides is 1. The molecular weight excluding hydrogens is 496 g/mol. The van der Waals surface area contributed by atoms with Crippen molar-refractivity contribution in [3.05, 3.63) is 42.1 Å². The molecule has 3 N–H and O–H groups in total. The van der Waals surface area contributed by atoms with Gasteiger partial charge in [-0.2, -0.15) is 36.6 Å². The number of quaternary nitrogens is 1. The molecule has 196 valence electrons. The Hall–Kier alpha value is -3.49. The van der Waals surface area contributed by atoms with Crippen molar-refractivity contribution in [2.75, 3.05) is 20.2 Å². The molecule has 0 aliphatic carbocycles. The predicted octanol–water partition coefficient (Wildman–Crippen LogP) is 3.21. The molecule has 1 aromatic carbocycles. The Bertz CT molecular complexity index is 1130. The minimum atomic E-state index is -4.75. The van der Waals surface area contributed by atoms with Crippen LogP contribution in [0.3, 0.4) is 0 Å². The molecule has 9 nitrogen and oxygen atoms in total. The molecule has 0 saturated carbocycles. The zero-order valence-corrected chi connectivity index (χ0v) is 19.3. The van der Waals surface area contributed by atoms with Gasteiger partial charge in [-0.25, -0.2) is 15.2 Å². The Morgan fingerprint density at radius 3 is 2.58 bits per heavy atom. The molecule has 36 heavy (non-hydrogen) atoms. The van der Waals surface area contributed by atoms with Crippen molar-refractivity contribution in [1.82, 2.24) is 19.7 Å². The minimum Gasteiger partial charge on any atom is -0.494 e. The Balaban J connectivity index is 1.89. The number of alkyl halides is 6. The van der Waals surface area contributed by atoms with Crippen LogP contribution in [-0.2, 0) is 4.79 Å². The van der Waals surface area contributed by atoms with Gasteiger partial charge in [0.1, 0.15) is 42.0 Å². The summed E-state index contributed by atoms with van der Waals surface area (Å²) < 4.78 is 85.9. The van der Waals surface area contributed by atoms with Crippen LogP contribution in [0.15, 0.2) is 35.8 Å². The number of benzene rings is 1. The first-order valence-corrected chi connectivity index (χ1v) is 10.7. The summed E-state index contributed by atoms with van der Waals surface area (Å²) in [5.41, 5.74) is 8.32. The van der Waals surface area contributed by atoms with Crippen LogP contribution >= 0.6 is 0 Å². The molecule has 2 heterocycles. The lowest BCUT2D eigenvalue weighted by Crippen LogP contribution is -2.88. The summed E-state index contributed by atoms with van der Waals surface area (Å²) in [7, 11) is 1.40. The molecule has 1 aromatic heterocycles. The van der Waals surface area contributed by atoms with Crippen LogP contribution in [0.2, 0.25) is 0 Å². The predicted molar refractivity (Wildman–Crippen MR) is 113 cm³/mol. The number of rotatable bonds is 7. The number of hydrogen-bond acceptors (Lipinski definition) is 6. The second-order valence-electron chi connectivity index (χ2n) is 8.22. The molecule has 0 spiro atoms. The highest BCUT2D eigenvalue weighted by Gasteiger charge is 2.47. The first kappa shape index (κ1) is 27.1. The largest absolute Gasteiger partial charge is 0.494 e. The number of ether oxygens (including phenoxy) is 1. The maximum atomic E-state index is 13.4. The van der Waals surface area contributed by atoms with Crippen LogP contribution in [0.4, 0.5) is 26.3 Å². The summed E-state index contributed by atoms with van der Waals surface area (Å²) in [5.74, 6) is -2.17. The normalized spacial score (nSPS) is 19.8. The number of carbonyl (C=O) groups is 1. The van der Waals surface area contributed by atoms with Crippen LogP contribution in [0.5, 0.6) is 5.75 Å². The number of aromatic nitrogens is 3. The average Bonchev–Trinajstić information content (AvgIpc) is 3.16. The van der Waals surface area contributed by atoms with E-state index in [0.29, 0.717) is 27.7 Å². The number of halogens is 6. The monoisotopic (exact) mass is 520 g/mol. The van der Waals surface area contributed by atoms with Gasteiger partial charge in [0, 0.05) is 18.5 Å². The van der Waals surface area contributed by atoms with Crippen molar-refractivity contribution >= 4 is 11.6 Å². The lowest BCUT2D eigenvalue weighted by atomic mass is 9.97. The fourth-order valence-electron chi connectivity index (χ4n) is 3.91. The Morgan fingerprint density at radius 2 is 2.03 bits per heavy atom. The standard InChI is InChI=1S/C21H23F6N7O2/c1-12-30-11-34(32-12)17-4-3-13(7-18(17)36-2)16(31-28)9-29-15-8-14(21(25,26)27)5-6-33(19(15)35)10-20(22,23)24/h3-4,7,9,11,14-15,28-29H,5-6,8,10H2,1-2H3/p+1/b16-9-,31-28?. The topological polar surface area (TPSA) is 113 Å². The number of aryl methyl sites for hydroxylation is 1. The molecule has 0 bridgehead atoms. The molecular formula is C21H24F6N7O2+. The van der Waals surface area contributed by atoms with Gasteiger partial charge >= 0.3 is 12.4 Å². The quantitative estimate of drug-likeness (QED) is 0.431. The zero-order valence-electron chi connectivity index (χ0n) is 19.3. The molecule has 2 aromatic rings. The van der Waals surface area contributed by atoms with Crippen molar-refractivity contribution in [3.8, 4) is 11.4 Å². The van der Waals surface area contributed by atoms with E-state index >= 15 is 0 Å². The number of carbonyl (C=O) groups excluding carboxylic acids is 1. The summed E-state index contributed by atoms with van der Waals surface area (Å²) in [4.78, 5) is 17.2. The van der Waals surface area contributed by atoms with E-state index in [4.69, 9.17) is 10.3 Å². The second kappa shape index (κ2) is 10.6. The summed E-state index contributed by atoms with van der Waals surface area (Å²) >= 11 is 0. The van der Waals surface area contributed by atoms with Gasteiger partial charge in [0.2, 0.25) is 0 Å². The SMILES string of the molecule is COc1cc(/C(=C/[NH2+]C2CC(C(F)(F)F)CCN(CC(F)(F)F)C2=O)N=N)ccc1-n1cnc(C)n1. The number of nitrogens with two attached hydrogens (primary N) is 1. The molecule has 1 fully saturated rings. The first-order chi connectivity index (χ1) is 16.8. The molecule has 2 unspecified atom stereocenters. The van der Waals surface area contributed by atoms with Gasteiger partial charge < -0.3 is 15.0 Å². The molecule has 15 heteroatoms. The fourth-order valence-corrected chi connectivity index (χ4v) is 3.91. The number of likely N-dealkylation sites (tertiary alicyclic amines) is 1. The van der Waals surface area contributed by atoms with Gasteiger partial charge in [0.05, 0.1) is 13.0 Å². The Kier molecular flexibility index (Phi) is 8.01. The Morgan fingerprint density at radius 1 is 1.31 bits per heavy atom.